The minimum atomic E-state index is -3.54. The van der Waals surface area contributed by atoms with Crippen molar-refractivity contribution in [2.75, 3.05) is 46.4 Å². The fourth-order valence-electron chi connectivity index (χ4n) is 1.82. The Morgan fingerprint density at radius 1 is 1.05 bits per heavy atom. The molecule has 0 saturated carbocycles. The van der Waals surface area contributed by atoms with E-state index in [1.165, 1.54) is 4.31 Å². The Hall–Kier alpha value is -0.660. The number of benzene rings is 1. The third-order valence-corrected chi connectivity index (χ3v) is 5.14. The average Bonchev–Trinajstić information content (AvgIpc) is 2.48. The fourth-order valence-corrected chi connectivity index (χ4v) is 3.45. The smallest absolute Gasteiger partial charge is 0.243 e. The van der Waals surface area contributed by atoms with E-state index in [4.69, 9.17) is 21.1 Å². The van der Waals surface area contributed by atoms with Crippen molar-refractivity contribution in [3.8, 4) is 0 Å². The van der Waals surface area contributed by atoms with E-state index in [-0.39, 0.29) is 4.90 Å². The van der Waals surface area contributed by atoms with Crippen LogP contribution in [0.5, 0.6) is 0 Å². The Morgan fingerprint density at radius 2 is 1.57 bits per heavy atom. The van der Waals surface area contributed by atoms with Gasteiger partial charge in [0.2, 0.25) is 10.0 Å². The van der Waals surface area contributed by atoms with Gasteiger partial charge in [0.05, 0.1) is 18.1 Å². The lowest BCUT2D eigenvalue weighted by Crippen LogP contribution is -2.36. The van der Waals surface area contributed by atoms with Crippen LogP contribution in [0.1, 0.15) is 5.56 Å². The van der Waals surface area contributed by atoms with Crippen molar-refractivity contribution in [2.24, 2.45) is 0 Å². The van der Waals surface area contributed by atoms with Crippen molar-refractivity contribution in [1.82, 2.24) is 4.31 Å². The number of aryl methyl sites for hydroxylation is 1. The third-order valence-electron chi connectivity index (χ3n) is 3.03. The maximum absolute atomic E-state index is 12.6. The van der Waals surface area contributed by atoms with Gasteiger partial charge in [-0.1, -0.05) is 12.1 Å². The number of sulfonamides is 1. The molecule has 0 aliphatic heterocycles. The highest BCUT2D eigenvalue weighted by atomic mass is 35.5. The Labute approximate surface area is 131 Å². The molecule has 1 aromatic rings. The van der Waals surface area contributed by atoms with E-state index < -0.39 is 10.0 Å². The molecule has 0 aliphatic carbocycles. The summed E-state index contributed by atoms with van der Waals surface area (Å²) in [7, 11) is -0.449. The van der Waals surface area contributed by atoms with Gasteiger partial charge in [-0.05, 0) is 24.1 Å². The first-order valence-corrected chi connectivity index (χ1v) is 8.66. The lowest BCUT2D eigenvalue weighted by molar-refractivity contribution is 0.150. The lowest BCUT2D eigenvalue weighted by atomic mass is 10.2. The van der Waals surface area contributed by atoms with Gasteiger partial charge in [0.1, 0.15) is 0 Å². The summed E-state index contributed by atoms with van der Waals surface area (Å²) in [5, 5.41) is 0. The maximum atomic E-state index is 12.6. The van der Waals surface area contributed by atoms with Crippen LogP contribution in [0.15, 0.2) is 29.2 Å². The van der Waals surface area contributed by atoms with E-state index in [9.17, 15) is 8.42 Å². The number of alkyl halides is 1. The van der Waals surface area contributed by atoms with Crippen molar-refractivity contribution in [3.63, 3.8) is 0 Å². The summed E-state index contributed by atoms with van der Waals surface area (Å²) in [5.74, 6) is 0.514. The number of hydrogen-bond donors (Lipinski definition) is 0. The first kappa shape index (κ1) is 18.4. The monoisotopic (exact) mass is 335 g/mol. The summed E-state index contributed by atoms with van der Waals surface area (Å²) >= 11 is 5.68. The van der Waals surface area contributed by atoms with Gasteiger partial charge < -0.3 is 9.47 Å². The highest BCUT2D eigenvalue weighted by Crippen LogP contribution is 2.16. The number of ether oxygens (including phenoxy) is 2. The van der Waals surface area contributed by atoms with Crippen LogP contribution in [0.2, 0.25) is 0 Å². The molecule has 0 amide bonds. The molecule has 0 spiro atoms. The molecule has 1 rings (SSSR count). The molecule has 1 aromatic carbocycles. The summed E-state index contributed by atoms with van der Waals surface area (Å²) in [6.45, 7) is 1.28. The van der Waals surface area contributed by atoms with Crippen molar-refractivity contribution >= 4 is 21.6 Å². The molecule has 0 radical (unpaired) electrons. The molecule has 0 fully saturated rings. The van der Waals surface area contributed by atoms with Crippen LogP contribution in [0.3, 0.4) is 0 Å². The standard InChI is InChI=1S/C14H22ClNO4S/c1-19-11-9-16(10-12-20-2)21(17,18)14-5-3-13(4-6-14)7-8-15/h3-6H,7-12H2,1-2H3. The quantitative estimate of drug-likeness (QED) is 0.611. The zero-order valence-electron chi connectivity index (χ0n) is 12.4. The SMILES string of the molecule is COCCN(CCOC)S(=O)(=O)c1ccc(CCCl)cc1. The lowest BCUT2D eigenvalue weighted by Gasteiger charge is -2.21. The molecule has 21 heavy (non-hydrogen) atoms. The van der Waals surface area contributed by atoms with E-state index in [2.05, 4.69) is 0 Å². The van der Waals surface area contributed by atoms with Crippen molar-refractivity contribution in [1.29, 1.82) is 0 Å². The number of rotatable bonds is 10. The van der Waals surface area contributed by atoms with Crippen LogP contribution in [0.25, 0.3) is 0 Å². The highest BCUT2D eigenvalue weighted by molar-refractivity contribution is 7.89. The topological polar surface area (TPSA) is 55.8 Å². The van der Waals surface area contributed by atoms with Crippen molar-refractivity contribution in [2.45, 2.75) is 11.3 Å². The first-order chi connectivity index (χ1) is 10.1. The molecular weight excluding hydrogens is 314 g/mol. The number of hydrogen-bond acceptors (Lipinski definition) is 4. The van der Waals surface area contributed by atoms with Crippen LogP contribution >= 0.6 is 11.6 Å². The summed E-state index contributed by atoms with van der Waals surface area (Å²) in [6, 6.07) is 6.81. The average molecular weight is 336 g/mol. The summed E-state index contributed by atoms with van der Waals surface area (Å²) in [4.78, 5) is 0.271. The second-order valence-corrected chi connectivity index (χ2v) is 6.79. The number of methoxy groups -OCH3 is 2. The zero-order valence-corrected chi connectivity index (χ0v) is 14.0. The van der Waals surface area contributed by atoms with Gasteiger partial charge in [-0.25, -0.2) is 8.42 Å². The van der Waals surface area contributed by atoms with Crippen LogP contribution in [-0.4, -0.2) is 59.1 Å². The van der Waals surface area contributed by atoms with Crippen LogP contribution < -0.4 is 0 Å². The molecule has 0 heterocycles. The van der Waals surface area contributed by atoms with Crippen LogP contribution in [-0.2, 0) is 25.9 Å². The predicted octanol–water partition coefficient (Wildman–Crippen LogP) is 1.75. The Bertz CT molecular complexity index is 496. The largest absolute Gasteiger partial charge is 0.383 e. The molecular formula is C14H22ClNO4S. The van der Waals surface area contributed by atoms with Gasteiger partial charge in [0, 0.05) is 33.2 Å². The number of nitrogens with zero attached hydrogens (tertiary/aromatic N) is 1. The summed E-state index contributed by atoms with van der Waals surface area (Å²) < 4.78 is 36.5. The van der Waals surface area contributed by atoms with Crippen molar-refractivity contribution in [3.05, 3.63) is 29.8 Å². The third kappa shape index (κ3) is 5.56. The number of halogens is 1. The summed E-state index contributed by atoms with van der Waals surface area (Å²) in [6.07, 6.45) is 0.721. The molecule has 0 bridgehead atoms. The second-order valence-electron chi connectivity index (χ2n) is 4.47. The van der Waals surface area contributed by atoms with Gasteiger partial charge in [-0.3, -0.25) is 0 Å². The van der Waals surface area contributed by atoms with E-state index in [1.54, 1.807) is 38.5 Å². The molecule has 120 valence electrons. The zero-order chi connectivity index (χ0) is 15.7. The normalized spacial score (nSPS) is 12.0. The van der Waals surface area contributed by atoms with E-state index >= 15 is 0 Å². The molecule has 0 atom stereocenters. The Kier molecular flexibility index (Phi) is 8.21. The minimum absolute atomic E-state index is 0.271. The van der Waals surface area contributed by atoms with E-state index in [0.29, 0.717) is 32.2 Å². The molecule has 7 heteroatoms. The molecule has 0 saturated heterocycles. The minimum Gasteiger partial charge on any atom is -0.383 e. The van der Waals surface area contributed by atoms with E-state index in [0.717, 1.165) is 12.0 Å². The van der Waals surface area contributed by atoms with Gasteiger partial charge in [0.25, 0.3) is 0 Å². The predicted molar refractivity (Wildman–Crippen MR) is 83.4 cm³/mol. The van der Waals surface area contributed by atoms with Gasteiger partial charge in [-0.2, -0.15) is 4.31 Å². The Morgan fingerprint density at radius 3 is 2.00 bits per heavy atom. The van der Waals surface area contributed by atoms with Gasteiger partial charge in [-0.15, -0.1) is 11.6 Å². The summed E-state index contributed by atoms with van der Waals surface area (Å²) in [5.41, 5.74) is 1.02. The highest BCUT2D eigenvalue weighted by Gasteiger charge is 2.23. The maximum Gasteiger partial charge on any atom is 0.243 e. The second kappa shape index (κ2) is 9.38. The Balaban J connectivity index is 2.92. The molecule has 5 nitrogen and oxygen atoms in total. The fraction of sp³-hybridized carbons (Fsp3) is 0.571. The van der Waals surface area contributed by atoms with Crippen LogP contribution in [0.4, 0.5) is 0 Å². The molecule has 0 aliphatic rings. The van der Waals surface area contributed by atoms with Gasteiger partial charge >= 0.3 is 0 Å². The molecule has 0 N–H and O–H groups in total. The molecule has 0 unspecified atom stereocenters. The van der Waals surface area contributed by atoms with Gasteiger partial charge in [0.15, 0.2) is 0 Å². The van der Waals surface area contributed by atoms with Crippen molar-refractivity contribution < 1.29 is 17.9 Å². The molecule has 0 aromatic heterocycles. The van der Waals surface area contributed by atoms with E-state index in [1.807, 2.05) is 0 Å². The van der Waals surface area contributed by atoms with Crippen LogP contribution in [0, 0.1) is 0 Å². The first-order valence-electron chi connectivity index (χ1n) is 6.69.